The van der Waals surface area contributed by atoms with Crippen LogP contribution in [0, 0.1) is 0 Å². The molecular formula is C51H84NO7+. The van der Waals surface area contributed by atoms with Gasteiger partial charge in [-0.3, -0.25) is 9.59 Å². The van der Waals surface area contributed by atoms with Crippen LogP contribution in [-0.4, -0.2) is 80.6 Å². The van der Waals surface area contributed by atoms with Crippen LogP contribution in [0.15, 0.2) is 97.2 Å². The van der Waals surface area contributed by atoms with Crippen LogP contribution in [0.2, 0.25) is 0 Å². The maximum absolute atomic E-state index is 12.7. The Hall–Kier alpha value is -3.75. The van der Waals surface area contributed by atoms with E-state index in [1.807, 2.05) is 51.5 Å². The van der Waals surface area contributed by atoms with E-state index in [0.717, 1.165) is 96.3 Å². The van der Waals surface area contributed by atoms with Crippen molar-refractivity contribution in [1.29, 1.82) is 0 Å². The first-order valence-corrected chi connectivity index (χ1v) is 22.8. The lowest BCUT2D eigenvalue weighted by atomic mass is 10.1. The van der Waals surface area contributed by atoms with Crippen LogP contribution in [0.4, 0.5) is 0 Å². The minimum Gasteiger partial charge on any atom is -0.477 e. The minimum atomic E-state index is -0.886. The third kappa shape index (κ3) is 39.5. The number of carbonyl (C=O) groups excluding carboxylic acids is 2. The number of allylic oxidation sites excluding steroid dienone is 16. The molecule has 0 aromatic rings. The molecule has 8 nitrogen and oxygen atoms in total. The number of hydrogen-bond donors (Lipinski definition) is 1. The number of nitrogens with zero attached hydrogens (tertiary/aromatic N) is 1. The van der Waals surface area contributed by atoms with Gasteiger partial charge in [-0.15, -0.1) is 0 Å². The maximum Gasteiger partial charge on any atom is 0.362 e. The molecule has 0 aromatic heterocycles. The number of carboxylic acids is 1. The van der Waals surface area contributed by atoms with Crippen molar-refractivity contribution in [2.75, 3.05) is 41.0 Å². The van der Waals surface area contributed by atoms with Gasteiger partial charge in [-0.1, -0.05) is 162 Å². The van der Waals surface area contributed by atoms with Gasteiger partial charge in [0, 0.05) is 19.3 Å². The molecule has 0 spiro atoms. The first kappa shape index (κ1) is 55.2. The molecule has 0 aromatic carbocycles. The average molecular weight is 823 g/mol. The van der Waals surface area contributed by atoms with Crippen LogP contribution < -0.4 is 0 Å². The van der Waals surface area contributed by atoms with E-state index in [-0.39, 0.29) is 36.2 Å². The van der Waals surface area contributed by atoms with Gasteiger partial charge in [0.15, 0.2) is 12.1 Å². The van der Waals surface area contributed by atoms with Crippen LogP contribution in [0.3, 0.4) is 0 Å². The van der Waals surface area contributed by atoms with Crippen molar-refractivity contribution in [3.05, 3.63) is 97.2 Å². The largest absolute Gasteiger partial charge is 0.477 e. The topological polar surface area (TPSA) is 99.1 Å². The predicted octanol–water partition coefficient (Wildman–Crippen LogP) is 12.7. The SMILES string of the molecule is CC/C=C/C=C/C=C/C=C/CCCCCCCC(=O)OC(COCCC(C(=O)O)[N+](C)(C)C)COC(=O)CCCCCCCCC/C=C/C/C=C/C/C=C/C/C=C/CC. The lowest BCUT2D eigenvalue weighted by molar-refractivity contribution is -0.887. The van der Waals surface area contributed by atoms with Crippen LogP contribution in [0.25, 0.3) is 0 Å². The van der Waals surface area contributed by atoms with E-state index < -0.39 is 18.1 Å². The molecule has 0 amide bonds. The molecular weight excluding hydrogens is 739 g/mol. The quantitative estimate of drug-likeness (QED) is 0.0217. The number of quaternary nitrogens is 1. The molecule has 0 saturated carbocycles. The average Bonchev–Trinajstić information content (AvgIpc) is 3.19. The zero-order valence-corrected chi connectivity index (χ0v) is 37.9. The fourth-order valence-electron chi connectivity index (χ4n) is 6.09. The molecule has 0 aliphatic rings. The van der Waals surface area contributed by atoms with Crippen molar-refractivity contribution >= 4 is 17.9 Å². The molecule has 0 bridgehead atoms. The summed E-state index contributed by atoms with van der Waals surface area (Å²) in [5, 5.41) is 9.63. The number of ether oxygens (including phenoxy) is 3. The summed E-state index contributed by atoms with van der Waals surface area (Å²) in [5.41, 5.74) is 0. The third-order valence-electron chi connectivity index (χ3n) is 9.57. The van der Waals surface area contributed by atoms with Gasteiger partial charge in [0.05, 0.1) is 34.4 Å². The molecule has 334 valence electrons. The van der Waals surface area contributed by atoms with Crippen LogP contribution >= 0.6 is 0 Å². The molecule has 0 aliphatic heterocycles. The number of carboxylic acid groups (broad SMARTS) is 1. The molecule has 59 heavy (non-hydrogen) atoms. The molecule has 0 radical (unpaired) electrons. The van der Waals surface area contributed by atoms with Crippen molar-refractivity contribution in [2.24, 2.45) is 0 Å². The number of esters is 2. The van der Waals surface area contributed by atoms with Crippen molar-refractivity contribution in [3.63, 3.8) is 0 Å². The van der Waals surface area contributed by atoms with Gasteiger partial charge in [0.2, 0.25) is 0 Å². The number of hydrogen-bond acceptors (Lipinski definition) is 6. The minimum absolute atomic E-state index is 0.0414. The molecule has 2 unspecified atom stereocenters. The summed E-state index contributed by atoms with van der Waals surface area (Å²) in [6.07, 6.45) is 54.5. The Kier molecular flexibility index (Phi) is 38.4. The summed E-state index contributed by atoms with van der Waals surface area (Å²) in [4.78, 5) is 37.0. The van der Waals surface area contributed by atoms with Gasteiger partial charge in [-0.2, -0.15) is 0 Å². The standard InChI is InChI=1S/C51H83NO7/c1-6-8-10-12-14-16-18-20-22-23-24-25-26-28-29-31-33-35-37-39-41-49(53)58-46-47(45-57-44-43-48(51(55)56)52(3,4)5)59-50(54)42-40-38-36-34-32-30-27-21-19-17-15-13-11-9-7-2/h8-11,13-17,19-22,24-25,27,47-48H,6-7,12,18,23,26,28-46H2,1-5H3/p+1/b10-8+,11-9+,15-13+,16-14+,19-17+,22-20+,25-24+,27-21+. The van der Waals surface area contributed by atoms with Gasteiger partial charge in [0.1, 0.15) is 6.61 Å². The second kappa shape index (κ2) is 41.0. The fraction of sp³-hybridized carbons (Fsp3) is 0.627. The van der Waals surface area contributed by atoms with Crippen molar-refractivity contribution in [2.45, 2.75) is 167 Å². The Morgan fingerprint density at radius 1 is 0.525 bits per heavy atom. The molecule has 0 saturated heterocycles. The van der Waals surface area contributed by atoms with Gasteiger partial charge >= 0.3 is 17.9 Å². The zero-order chi connectivity index (χ0) is 43.5. The summed E-state index contributed by atoms with van der Waals surface area (Å²) >= 11 is 0. The molecule has 0 fully saturated rings. The first-order chi connectivity index (χ1) is 28.6. The van der Waals surface area contributed by atoms with E-state index in [0.29, 0.717) is 19.3 Å². The van der Waals surface area contributed by atoms with Crippen molar-refractivity contribution in [3.8, 4) is 0 Å². The van der Waals surface area contributed by atoms with E-state index in [4.69, 9.17) is 14.2 Å². The second-order valence-corrected chi connectivity index (χ2v) is 16.0. The third-order valence-corrected chi connectivity index (χ3v) is 9.57. The van der Waals surface area contributed by atoms with Gasteiger partial charge in [0.25, 0.3) is 0 Å². The van der Waals surface area contributed by atoms with Gasteiger partial charge in [-0.25, -0.2) is 4.79 Å². The summed E-state index contributed by atoms with van der Waals surface area (Å²) in [5.74, 6) is -1.53. The van der Waals surface area contributed by atoms with Crippen LogP contribution in [0.1, 0.15) is 155 Å². The Morgan fingerprint density at radius 3 is 1.53 bits per heavy atom. The number of unbranched alkanes of at least 4 members (excludes halogenated alkanes) is 12. The Bertz CT molecular complexity index is 1280. The smallest absolute Gasteiger partial charge is 0.362 e. The number of aliphatic carboxylic acids is 1. The Labute approximate surface area is 360 Å². The summed E-state index contributed by atoms with van der Waals surface area (Å²) in [6, 6.07) is -0.627. The summed E-state index contributed by atoms with van der Waals surface area (Å²) < 4.78 is 17.3. The lowest BCUT2D eigenvalue weighted by Gasteiger charge is -2.31. The monoisotopic (exact) mass is 823 g/mol. The van der Waals surface area contributed by atoms with Gasteiger partial charge in [-0.05, 0) is 70.6 Å². The lowest BCUT2D eigenvalue weighted by Crippen LogP contribution is -2.50. The predicted molar refractivity (Wildman–Crippen MR) is 247 cm³/mol. The van der Waals surface area contributed by atoms with Crippen molar-refractivity contribution in [1.82, 2.24) is 0 Å². The summed E-state index contributed by atoms with van der Waals surface area (Å²) in [7, 11) is 5.50. The number of carbonyl (C=O) groups is 3. The highest BCUT2D eigenvalue weighted by Crippen LogP contribution is 2.13. The Balaban J connectivity index is 4.38. The van der Waals surface area contributed by atoms with E-state index in [1.165, 1.54) is 25.7 Å². The molecule has 0 heterocycles. The molecule has 2 atom stereocenters. The highest BCUT2D eigenvalue weighted by Gasteiger charge is 2.31. The second-order valence-electron chi connectivity index (χ2n) is 16.0. The van der Waals surface area contributed by atoms with Crippen molar-refractivity contribution < 1.29 is 38.2 Å². The maximum atomic E-state index is 12.7. The van der Waals surface area contributed by atoms with Crippen LogP contribution in [-0.2, 0) is 28.6 Å². The normalized spacial score (nSPS) is 13.8. The van der Waals surface area contributed by atoms with E-state index in [2.05, 4.69) is 80.7 Å². The molecule has 1 N–H and O–H groups in total. The molecule has 8 heteroatoms. The van der Waals surface area contributed by atoms with Gasteiger partial charge < -0.3 is 23.8 Å². The molecule has 0 rings (SSSR count). The van der Waals surface area contributed by atoms with E-state index in [1.54, 1.807) is 0 Å². The number of likely N-dealkylation sites (N-methyl/N-ethyl adjacent to an activating group) is 1. The van der Waals surface area contributed by atoms with E-state index in [9.17, 15) is 19.5 Å². The Morgan fingerprint density at radius 2 is 0.983 bits per heavy atom. The fourth-order valence-corrected chi connectivity index (χ4v) is 6.09. The molecule has 0 aliphatic carbocycles. The van der Waals surface area contributed by atoms with E-state index >= 15 is 0 Å². The number of rotatable bonds is 39. The highest BCUT2D eigenvalue weighted by molar-refractivity contribution is 5.72. The highest BCUT2D eigenvalue weighted by atomic mass is 16.6. The zero-order valence-electron chi connectivity index (χ0n) is 37.9. The first-order valence-electron chi connectivity index (χ1n) is 22.8. The van der Waals surface area contributed by atoms with Crippen LogP contribution in [0.5, 0.6) is 0 Å². The summed E-state index contributed by atoms with van der Waals surface area (Å²) in [6.45, 7) is 4.43.